The van der Waals surface area contributed by atoms with E-state index in [1.54, 1.807) is 6.08 Å². The maximum Gasteiger partial charge on any atom is 0.0863 e. The lowest BCUT2D eigenvalue weighted by atomic mass is 9.85. The number of rotatable bonds is 2. The molecule has 1 N–H and O–H groups in total. The van der Waals surface area contributed by atoms with Gasteiger partial charge < -0.3 is 5.11 Å². The van der Waals surface area contributed by atoms with Crippen LogP contribution in [0.4, 0.5) is 0 Å². The monoisotopic (exact) mass is 266 g/mol. The molecule has 0 bridgehead atoms. The van der Waals surface area contributed by atoms with E-state index in [1.165, 1.54) is 19.3 Å². The second kappa shape index (κ2) is 3.90. The van der Waals surface area contributed by atoms with Gasteiger partial charge in [0.2, 0.25) is 0 Å². The van der Waals surface area contributed by atoms with Crippen molar-refractivity contribution in [3.8, 4) is 0 Å². The van der Waals surface area contributed by atoms with Gasteiger partial charge in [-0.25, -0.2) is 0 Å². The third kappa shape index (κ3) is 2.18. The highest BCUT2D eigenvalue weighted by Gasteiger charge is 2.34. The number of hydrogen-bond acceptors (Lipinski definition) is 1. The van der Waals surface area contributed by atoms with Gasteiger partial charge in [-0.1, -0.05) is 47.9 Å². The van der Waals surface area contributed by atoms with E-state index in [0.717, 1.165) is 12.8 Å². The molecule has 0 spiro atoms. The van der Waals surface area contributed by atoms with Crippen LogP contribution < -0.4 is 0 Å². The van der Waals surface area contributed by atoms with Gasteiger partial charge in [0, 0.05) is 0 Å². The van der Waals surface area contributed by atoms with Crippen molar-refractivity contribution < 1.29 is 5.11 Å². The molecular formula is C9H15IO. The van der Waals surface area contributed by atoms with Gasteiger partial charge in [0.1, 0.15) is 0 Å². The molecule has 1 nitrogen and oxygen atoms in total. The largest absolute Gasteiger partial charge is 0.388 e. The number of alkyl halides is 1. The third-order valence-corrected chi connectivity index (χ3v) is 4.15. The van der Waals surface area contributed by atoms with E-state index in [-0.39, 0.29) is 9.53 Å². The van der Waals surface area contributed by atoms with E-state index in [9.17, 15) is 5.11 Å². The lowest BCUT2D eigenvalue weighted by Crippen LogP contribution is -2.36. The summed E-state index contributed by atoms with van der Waals surface area (Å²) < 4.78 is 0.0950. The summed E-state index contributed by atoms with van der Waals surface area (Å²) in [4.78, 5) is 0. The molecule has 0 saturated heterocycles. The van der Waals surface area contributed by atoms with Crippen molar-refractivity contribution >= 4 is 22.6 Å². The average molecular weight is 266 g/mol. The number of halogens is 1. The Hall–Kier alpha value is 0.430. The predicted octanol–water partition coefficient (Wildman–Crippen LogP) is 2.67. The van der Waals surface area contributed by atoms with Gasteiger partial charge in [0.05, 0.1) is 9.53 Å². The van der Waals surface area contributed by atoms with Gasteiger partial charge in [-0.05, 0) is 12.8 Å². The fourth-order valence-corrected chi connectivity index (χ4v) is 2.66. The smallest absolute Gasteiger partial charge is 0.0863 e. The molecule has 0 radical (unpaired) electrons. The van der Waals surface area contributed by atoms with Gasteiger partial charge in [0.15, 0.2) is 0 Å². The Morgan fingerprint density at radius 2 is 1.91 bits per heavy atom. The first kappa shape index (κ1) is 9.52. The summed E-state index contributed by atoms with van der Waals surface area (Å²) in [5.41, 5.74) is 0. The summed E-state index contributed by atoms with van der Waals surface area (Å²) >= 11 is 2.39. The van der Waals surface area contributed by atoms with E-state index in [2.05, 4.69) is 29.2 Å². The van der Waals surface area contributed by atoms with Crippen molar-refractivity contribution in [1.29, 1.82) is 0 Å². The van der Waals surface area contributed by atoms with Crippen molar-refractivity contribution in [3.05, 3.63) is 12.7 Å². The van der Waals surface area contributed by atoms with Crippen LogP contribution in [0.5, 0.6) is 0 Å². The summed E-state index contributed by atoms with van der Waals surface area (Å²) in [6, 6.07) is 0. The van der Waals surface area contributed by atoms with Crippen LogP contribution >= 0.6 is 22.6 Å². The van der Waals surface area contributed by atoms with E-state index in [0.29, 0.717) is 0 Å². The maximum absolute atomic E-state index is 9.62. The zero-order valence-electron chi connectivity index (χ0n) is 6.72. The van der Waals surface area contributed by atoms with Crippen molar-refractivity contribution in [3.63, 3.8) is 0 Å². The Bertz CT molecular complexity index is 138. The zero-order valence-corrected chi connectivity index (χ0v) is 8.88. The topological polar surface area (TPSA) is 20.2 Å². The van der Waals surface area contributed by atoms with Gasteiger partial charge in [-0.2, -0.15) is 0 Å². The Morgan fingerprint density at radius 3 is 2.36 bits per heavy atom. The zero-order chi connectivity index (χ0) is 8.32. The number of hydrogen-bond donors (Lipinski definition) is 1. The minimum atomic E-state index is -0.316. The van der Waals surface area contributed by atoms with Gasteiger partial charge in [0.25, 0.3) is 0 Å². The fraction of sp³-hybridized carbons (Fsp3) is 0.778. The molecular weight excluding hydrogens is 251 g/mol. The first-order valence-electron chi connectivity index (χ1n) is 4.18. The summed E-state index contributed by atoms with van der Waals surface area (Å²) in [5, 5.41) is 9.62. The minimum absolute atomic E-state index is 0.0950. The first-order valence-corrected chi connectivity index (χ1v) is 5.26. The minimum Gasteiger partial charge on any atom is -0.388 e. The molecule has 0 heterocycles. The van der Waals surface area contributed by atoms with Crippen LogP contribution in [0.15, 0.2) is 12.7 Å². The van der Waals surface area contributed by atoms with Crippen LogP contribution in [-0.2, 0) is 0 Å². The standard InChI is InChI=1S/C9H15IO/c1-2-8(11)9(10)6-4-3-5-7-9/h2,8,11H,1,3-7H2/t8-/m1/s1. The molecule has 2 heteroatoms. The van der Waals surface area contributed by atoms with Gasteiger partial charge in [-0.3, -0.25) is 0 Å². The SMILES string of the molecule is C=C[C@@H](O)C1(I)CCCCC1. The molecule has 0 aromatic carbocycles. The van der Waals surface area contributed by atoms with Crippen LogP contribution in [0.3, 0.4) is 0 Å². The molecule has 1 fully saturated rings. The highest BCUT2D eigenvalue weighted by molar-refractivity contribution is 14.1. The quantitative estimate of drug-likeness (QED) is 0.463. The molecule has 1 atom stereocenters. The second-order valence-corrected chi connectivity index (χ2v) is 5.42. The fourth-order valence-electron chi connectivity index (χ4n) is 1.65. The third-order valence-electron chi connectivity index (χ3n) is 2.44. The lowest BCUT2D eigenvalue weighted by Gasteiger charge is -2.34. The normalized spacial score (nSPS) is 26.0. The highest BCUT2D eigenvalue weighted by Crippen LogP contribution is 2.39. The molecule has 64 valence electrons. The number of aliphatic hydroxyl groups excluding tert-OH is 1. The summed E-state index contributed by atoms with van der Waals surface area (Å²) in [7, 11) is 0. The first-order chi connectivity index (χ1) is 5.19. The second-order valence-electron chi connectivity index (χ2n) is 3.28. The molecule has 1 aliphatic carbocycles. The van der Waals surface area contributed by atoms with Crippen LogP contribution in [0.25, 0.3) is 0 Å². The molecule has 11 heavy (non-hydrogen) atoms. The highest BCUT2D eigenvalue weighted by atomic mass is 127. The lowest BCUT2D eigenvalue weighted by molar-refractivity contribution is 0.157. The average Bonchev–Trinajstić information content (AvgIpc) is 2.04. The van der Waals surface area contributed by atoms with Crippen molar-refractivity contribution in [2.24, 2.45) is 0 Å². The predicted molar refractivity (Wildman–Crippen MR) is 56.0 cm³/mol. The molecule has 0 aromatic rings. The van der Waals surface area contributed by atoms with Crippen molar-refractivity contribution in [2.45, 2.75) is 41.6 Å². The summed E-state index contributed by atoms with van der Waals surface area (Å²) in [6.07, 6.45) is 7.47. The molecule has 0 aromatic heterocycles. The molecule has 1 rings (SSSR count). The molecule has 0 amide bonds. The van der Waals surface area contributed by atoms with E-state index < -0.39 is 0 Å². The Labute approximate surface area is 82.0 Å². The van der Waals surface area contributed by atoms with Crippen molar-refractivity contribution in [2.75, 3.05) is 0 Å². The Balaban J connectivity index is 2.55. The summed E-state index contributed by atoms with van der Waals surface area (Å²) in [5.74, 6) is 0. The molecule has 0 unspecified atom stereocenters. The molecule has 1 saturated carbocycles. The van der Waals surface area contributed by atoms with Crippen molar-refractivity contribution in [1.82, 2.24) is 0 Å². The molecule has 0 aliphatic heterocycles. The van der Waals surface area contributed by atoms with Crippen LogP contribution in [0.2, 0.25) is 0 Å². The maximum atomic E-state index is 9.62. The van der Waals surface area contributed by atoms with Crippen LogP contribution in [0, 0.1) is 0 Å². The van der Waals surface area contributed by atoms with Gasteiger partial charge >= 0.3 is 0 Å². The van der Waals surface area contributed by atoms with E-state index >= 15 is 0 Å². The summed E-state index contributed by atoms with van der Waals surface area (Å²) in [6.45, 7) is 3.63. The van der Waals surface area contributed by atoms with E-state index in [1.807, 2.05) is 0 Å². The number of aliphatic hydroxyl groups is 1. The Morgan fingerprint density at radius 1 is 1.36 bits per heavy atom. The van der Waals surface area contributed by atoms with Crippen LogP contribution in [0.1, 0.15) is 32.1 Å². The van der Waals surface area contributed by atoms with E-state index in [4.69, 9.17) is 0 Å². The van der Waals surface area contributed by atoms with Gasteiger partial charge in [-0.15, -0.1) is 6.58 Å². The Kier molecular flexibility index (Phi) is 3.37. The van der Waals surface area contributed by atoms with Crippen LogP contribution in [-0.4, -0.2) is 14.6 Å². The molecule has 1 aliphatic rings.